The largest absolute Gasteiger partial charge is 0.468 e. The molecule has 35 heavy (non-hydrogen) atoms. The number of benzene rings is 1. The summed E-state index contributed by atoms with van der Waals surface area (Å²) in [6.07, 6.45) is 4.03. The van der Waals surface area contributed by atoms with E-state index in [-0.39, 0.29) is 11.6 Å². The fourth-order valence-corrected chi connectivity index (χ4v) is 4.66. The van der Waals surface area contributed by atoms with Crippen molar-refractivity contribution >= 4 is 10.9 Å². The molecule has 0 aliphatic heterocycles. The van der Waals surface area contributed by atoms with Crippen LogP contribution >= 0.6 is 0 Å². The number of hydrogen-bond donors (Lipinski definition) is 1. The van der Waals surface area contributed by atoms with Crippen LogP contribution in [0.4, 0.5) is 0 Å². The summed E-state index contributed by atoms with van der Waals surface area (Å²) in [5.41, 5.74) is 3.66. The number of hydrogen-bond acceptors (Lipinski definition) is 7. The first-order valence-corrected chi connectivity index (χ1v) is 11.7. The van der Waals surface area contributed by atoms with E-state index in [4.69, 9.17) is 8.83 Å². The molecule has 0 amide bonds. The van der Waals surface area contributed by atoms with Crippen LogP contribution in [0.25, 0.3) is 10.9 Å². The van der Waals surface area contributed by atoms with Gasteiger partial charge in [-0.1, -0.05) is 18.6 Å². The molecule has 0 bridgehead atoms. The normalized spacial score (nSPS) is 12.6. The molecule has 0 aliphatic carbocycles. The summed E-state index contributed by atoms with van der Waals surface area (Å²) in [6, 6.07) is 13.5. The maximum absolute atomic E-state index is 13.1. The minimum atomic E-state index is -0.153. The number of nitrogens with one attached hydrogen (secondary N) is 1. The Labute approximate surface area is 202 Å². The van der Waals surface area contributed by atoms with Gasteiger partial charge in [-0.3, -0.25) is 9.69 Å². The maximum Gasteiger partial charge on any atom is 0.252 e. The molecule has 9 heteroatoms. The van der Waals surface area contributed by atoms with Crippen molar-refractivity contribution in [3.63, 3.8) is 0 Å². The van der Waals surface area contributed by atoms with Crippen LogP contribution in [-0.2, 0) is 19.6 Å². The van der Waals surface area contributed by atoms with Gasteiger partial charge in [0.15, 0.2) is 5.82 Å². The van der Waals surface area contributed by atoms with Crippen molar-refractivity contribution in [1.82, 2.24) is 30.1 Å². The zero-order valence-corrected chi connectivity index (χ0v) is 20.1. The van der Waals surface area contributed by atoms with E-state index in [0.717, 1.165) is 40.0 Å². The van der Waals surface area contributed by atoms with Crippen LogP contribution in [0.3, 0.4) is 0 Å². The highest BCUT2D eigenvalue weighted by molar-refractivity contribution is 5.82. The van der Waals surface area contributed by atoms with Crippen molar-refractivity contribution in [2.75, 3.05) is 0 Å². The van der Waals surface area contributed by atoms with E-state index >= 15 is 0 Å². The van der Waals surface area contributed by atoms with Gasteiger partial charge in [0.2, 0.25) is 0 Å². The molecule has 1 aromatic carbocycles. The molecule has 1 N–H and O–H groups in total. The van der Waals surface area contributed by atoms with E-state index in [0.29, 0.717) is 31.0 Å². The summed E-state index contributed by atoms with van der Waals surface area (Å²) in [6.45, 7) is 7.50. The third-order valence-electron chi connectivity index (χ3n) is 6.25. The highest BCUT2D eigenvalue weighted by Gasteiger charge is 2.27. The molecule has 5 aromatic rings. The first-order valence-electron chi connectivity index (χ1n) is 11.7. The number of tetrazole rings is 1. The first-order chi connectivity index (χ1) is 17.0. The van der Waals surface area contributed by atoms with Crippen LogP contribution < -0.4 is 5.56 Å². The molecule has 0 unspecified atom stereocenters. The summed E-state index contributed by atoms with van der Waals surface area (Å²) in [4.78, 5) is 18.4. The van der Waals surface area contributed by atoms with Gasteiger partial charge in [-0.05, 0) is 78.0 Å². The molecule has 0 spiro atoms. The number of H-pyrrole nitrogens is 1. The van der Waals surface area contributed by atoms with Crippen LogP contribution in [0, 0.1) is 13.8 Å². The monoisotopic (exact) mass is 472 g/mol. The Hall–Kier alpha value is -3.98. The lowest BCUT2D eigenvalue weighted by molar-refractivity contribution is 0.149. The molecule has 4 heterocycles. The summed E-state index contributed by atoms with van der Waals surface area (Å²) in [7, 11) is 0. The molecular formula is C26H28N6O3. The Morgan fingerprint density at radius 2 is 1.83 bits per heavy atom. The van der Waals surface area contributed by atoms with Gasteiger partial charge in [0.05, 0.1) is 30.6 Å². The minimum Gasteiger partial charge on any atom is -0.468 e. The second-order valence-electron chi connectivity index (χ2n) is 8.85. The van der Waals surface area contributed by atoms with E-state index in [9.17, 15) is 4.79 Å². The van der Waals surface area contributed by atoms with Crippen LogP contribution in [0.2, 0.25) is 0 Å². The molecule has 0 fully saturated rings. The number of pyridine rings is 1. The predicted octanol–water partition coefficient (Wildman–Crippen LogP) is 4.52. The zero-order chi connectivity index (χ0) is 24.4. The highest BCUT2D eigenvalue weighted by atomic mass is 16.3. The minimum absolute atomic E-state index is 0.0982. The standard InChI is InChI=1S/C26H28N6O3/c1-4-23(25-28-29-30-32(25)16-22-8-6-10-35-22)31(15-21-7-5-9-34-21)14-20-13-19-12-17(2)11-18(3)24(19)27-26(20)33/h5-13,23H,4,14-16H2,1-3H3,(H,27,33)/t23-/m1/s1. The van der Waals surface area contributed by atoms with Gasteiger partial charge in [-0.2, -0.15) is 0 Å². The van der Waals surface area contributed by atoms with E-state index < -0.39 is 0 Å². The van der Waals surface area contributed by atoms with Crippen molar-refractivity contribution < 1.29 is 8.83 Å². The van der Waals surface area contributed by atoms with Crippen molar-refractivity contribution in [3.8, 4) is 0 Å². The van der Waals surface area contributed by atoms with Gasteiger partial charge in [0.1, 0.15) is 18.1 Å². The maximum atomic E-state index is 13.1. The van der Waals surface area contributed by atoms with Gasteiger partial charge >= 0.3 is 0 Å². The summed E-state index contributed by atoms with van der Waals surface area (Å²) < 4.78 is 12.9. The molecule has 4 aromatic heterocycles. The number of fused-ring (bicyclic) bond motifs is 1. The third-order valence-corrected chi connectivity index (χ3v) is 6.25. The molecule has 0 saturated heterocycles. The fourth-order valence-electron chi connectivity index (χ4n) is 4.66. The molecule has 0 aliphatic rings. The molecule has 180 valence electrons. The summed E-state index contributed by atoms with van der Waals surface area (Å²) in [5.74, 6) is 2.28. The first kappa shape index (κ1) is 22.8. The van der Waals surface area contributed by atoms with E-state index in [1.807, 2.05) is 37.3 Å². The molecule has 9 nitrogen and oxygen atoms in total. The van der Waals surface area contributed by atoms with E-state index in [2.05, 4.69) is 51.4 Å². The van der Waals surface area contributed by atoms with Gasteiger partial charge in [-0.15, -0.1) is 5.10 Å². The Bertz CT molecular complexity index is 1470. The topological polar surface area (TPSA) is 106 Å². The molecule has 5 rings (SSSR count). The quantitative estimate of drug-likeness (QED) is 0.336. The lowest BCUT2D eigenvalue weighted by atomic mass is 10.0. The van der Waals surface area contributed by atoms with Crippen molar-refractivity contribution in [2.24, 2.45) is 0 Å². The fraction of sp³-hybridized carbons (Fsp3) is 0.308. The number of rotatable bonds is 9. The smallest absolute Gasteiger partial charge is 0.252 e. The second-order valence-corrected chi connectivity index (χ2v) is 8.85. The SMILES string of the molecule is CC[C@H](c1nnnn1Cc1ccco1)N(Cc1ccco1)Cc1cc2cc(C)cc(C)c2[nH]c1=O. The van der Waals surface area contributed by atoms with Gasteiger partial charge in [0, 0.05) is 12.1 Å². The van der Waals surface area contributed by atoms with Gasteiger partial charge < -0.3 is 13.8 Å². The molecular weight excluding hydrogens is 444 g/mol. The molecule has 1 atom stereocenters. The number of aromatic nitrogens is 5. The Balaban J connectivity index is 1.52. The lowest BCUT2D eigenvalue weighted by Gasteiger charge is -2.29. The average Bonchev–Trinajstić information content (AvgIpc) is 3.60. The lowest BCUT2D eigenvalue weighted by Crippen LogP contribution is -2.32. The summed E-state index contributed by atoms with van der Waals surface area (Å²) in [5, 5.41) is 13.5. The van der Waals surface area contributed by atoms with E-state index in [1.165, 1.54) is 0 Å². The Morgan fingerprint density at radius 3 is 2.54 bits per heavy atom. The predicted molar refractivity (Wildman–Crippen MR) is 131 cm³/mol. The van der Waals surface area contributed by atoms with Gasteiger partial charge in [0.25, 0.3) is 5.56 Å². The third kappa shape index (κ3) is 4.81. The van der Waals surface area contributed by atoms with Gasteiger partial charge in [-0.25, -0.2) is 4.68 Å². The summed E-state index contributed by atoms with van der Waals surface area (Å²) >= 11 is 0. The Kier molecular flexibility index (Phi) is 6.33. The Morgan fingerprint density at radius 1 is 1.06 bits per heavy atom. The van der Waals surface area contributed by atoms with Crippen molar-refractivity contribution in [2.45, 2.75) is 52.9 Å². The zero-order valence-electron chi connectivity index (χ0n) is 20.1. The molecule has 0 radical (unpaired) electrons. The highest BCUT2D eigenvalue weighted by Crippen LogP contribution is 2.27. The molecule has 0 saturated carbocycles. The second kappa shape index (κ2) is 9.71. The van der Waals surface area contributed by atoms with Crippen LogP contribution in [-0.4, -0.2) is 30.1 Å². The van der Waals surface area contributed by atoms with Crippen molar-refractivity contribution in [1.29, 1.82) is 0 Å². The van der Waals surface area contributed by atoms with Crippen molar-refractivity contribution in [3.05, 3.63) is 99.4 Å². The van der Waals surface area contributed by atoms with Crippen LogP contribution in [0.15, 0.2) is 68.6 Å². The number of aryl methyl sites for hydroxylation is 2. The van der Waals surface area contributed by atoms with E-state index in [1.54, 1.807) is 17.2 Å². The van der Waals surface area contributed by atoms with Crippen LogP contribution in [0.1, 0.15) is 53.4 Å². The average molecular weight is 473 g/mol. The van der Waals surface area contributed by atoms with Crippen LogP contribution in [0.5, 0.6) is 0 Å². The number of aromatic amines is 1. The number of furan rings is 2. The number of nitrogens with zero attached hydrogens (tertiary/aromatic N) is 5.